The van der Waals surface area contributed by atoms with Crippen LogP contribution in [0.5, 0.6) is 0 Å². The first-order chi connectivity index (χ1) is 11.7. The van der Waals surface area contributed by atoms with Gasteiger partial charge in [0.15, 0.2) is 0 Å². The van der Waals surface area contributed by atoms with Gasteiger partial charge < -0.3 is 0 Å². The van der Waals surface area contributed by atoms with Crippen LogP contribution in [-0.4, -0.2) is 9.97 Å². The Morgan fingerprint density at radius 1 is 0.792 bits per heavy atom. The summed E-state index contributed by atoms with van der Waals surface area (Å²) in [7, 11) is 0. The summed E-state index contributed by atoms with van der Waals surface area (Å²) in [5.74, 6) is 0. The molecule has 4 rings (SSSR count). The van der Waals surface area contributed by atoms with Crippen molar-refractivity contribution in [3.05, 3.63) is 47.0 Å². The molecule has 2 aromatic carbocycles. The largest absolute Gasteiger partial charge is 0.242 e. The Morgan fingerprint density at radius 3 is 2.25 bits per heavy atom. The van der Waals surface area contributed by atoms with Crippen LogP contribution >= 0.6 is 22.7 Å². The number of hydrogen-bond donors (Lipinski definition) is 0. The van der Waals surface area contributed by atoms with Crippen molar-refractivity contribution in [1.29, 1.82) is 0 Å². The molecule has 0 N–H and O–H groups in total. The summed E-state index contributed by atoms with van der Waals surface area (Å²) in [5.41, 5.74) is 4.64. The topological polar surface area (TPSA) is 25.8 Å². The lowest BCUT2D eigenvalue weighted by Crippen LogP contribution is -1.76. The average Bonchev–Trinajstić information content (AvgIpc) is 3.21. The van der Waals surface area contributed by atoms with Crippen LogP contribution < -0.4 is 0 Å². The number of thiazole rings is 2. The van der Waals surface area contributed by atoms with Gasteiger partial charge in [-0.1, -0.05) is 39.8 Å². The van der Waals surface area contributed by atoms with Gasteiger partial charge in [0.2, 0.25) is 0 Å². The van der Waals surface area contributed by atoms with Crippen molar-refractivity contribution >= 4 is 43.1 Å². The summed E-state index contributed by atoms with van der Waals surface area (Å²) in [6.07, 6.45) is 0. The third kappa shape index (κ3) is 3.65. The minimum absolute atomic E-state index is 1.08. The van der Waals surface area contributed by atoms with Crippen molar-refractivity contribution in [3.63, 3.8) is 0 Å². The molecule has 0 saturated carbocycles. The van der Waals surface area contributed by atoms with Crippen molar-refractivity contribution in [3.8, 4) is 10.6 Å². The lowest BCUT2D eigenvalue weighted by molar-refractivity contribution is 1.35. The van der Waals surface area contributed by atoms with E-state index in [-0.39, 0.29) is 0 Å². The molecule has 4 aromatic rings. The summed E-state index contributed by atoms with van der Waals surface area (Å²) < 4.78 is 2.51. The number of aromatic nitrogens is 2. The van der Waals surface area contributed by atoms with E-state index in [4.69, 9.17) is 4.98 Å². The highest BCUT2D eigenvalue weighted by atomic mass is 32.1. The second-order valence-corrected chi connectivity index (χ2v) is 7.09. The third-order valence-corrected chi connectivity index (χ3v) is 5.54. The van der Waals surface area contributed by atoms with Crippen LogP contribution in [0.2, 0.25) is 0 Å². The molecule has 0 bridgehead atoms. The molecule has 2 nitrogen and oxygen atoms in total. The van der Waals surface area contributed by atoms with Crippen LogP contribution in [0.4, 0.5) is 0 Å². The van der Waals surface area contributed by atoms with E-state index in [9.17, 15) is 0 Å². The molecule has 0 atom stereocenters. The molecule has 24 heavy (non-hydrogen) atoms. The van der Waals surface area contributed by atoms with E-state index in [1.807, 2.05) is 34.6 Å². The third-order valence-electron chi connectivity index (χ3n) is 3.35. The molecule has 0 fully saturated rings. The van der Waals surface area contributed by atoms with Crippen molar-refractivity contribution in [2.75, 3.05) is 0 Å². The standard InChI is InChI=1S/C16H12N2S2.2C2H6/c1-9-4-3-5-13-15(9)20-16(18-13)11-6-7-12-14(8-11)19-10(2)17-12;2*1-2/h3-8H,1-2H3;2*1-2H3. The second kappa shape index (κ2) is 8.36. The van der Waals surface area contributed by atoms with Gasteiger partial charge in [0.25, 0.3) is 0 Å². The number of benzene rings is 2. The van der Waals surface area contributed by atoms with Gasteiger partial charge in [-0.15, -0.1) is 22.7 Å². The molecule has 126 valence electrons. The number of fused-ring (bicyclic) bond motifs is 2. The quantitative estimate of drug-likeness (QED) is 0.359. The van der Waals surface area contributed by atoms with Gasteiger partial charge in [0.1, 0.15) is 5.01 Å². The first-order valence-electron chi connectivity index (χ1n) is 8.44. The van der Waals surface area contributed by atoms with E-state index >= 15 is 0 Å². The molecule has 0 saturated heterocycles. The molecule has 0 amide bonds. The molecule has 4 heteroatoms. The molecule has 0 spiro atoms. The van der Waals surface area contributed by atoms with E-state index in [1.165, 1.54) is 20.5 Å². The van der Waals surface area contributed by atoms with Gasteiger partial charge in [-0.2, -0.15) is 0 Å². The zero-order chi connectivity index (χ0) is 17.7. The lowest BCUT2D eigenvalue weighted by atomic mass is 10.2. The van der Waals surface area contributed by atoms with Crippen molar-refractivity contribution in [1.82, 2.24) is 9.97 Å². The lowest BCUT2D eigenvalue weighted by Gasteiger charge is -1.95. The predicted octanol–water partition coefficient (Wildman–Crippen LogP) is 7.24. The molecule has 2 heterocycles. The summed E-state index contributed by atoms with van der Waals surface area (Å²) in [6, 6.07) is 12.7. The number of nitrogens with zero attached hydrogens (tertiary/aromatic N) is 2. The Kier molecular flexibility index (Phi) is 6.46. The fourth-order valence-electron chi connectivity index (χ4n) is 2.38. The second-order valence-electron chi connectivity index (χ2n) is 4.86. The van der Waals surface area contributed by atoms with Crippen LogP contribution in [0.1, 0.15) is 38.3 Å². The maximum absolute atomic E-state index is 4.76. The first-order valence-corrected chi connectivity index (χ1v) is 10.1. The van der Waals surface area contributed by atoms with E-state index < -0.39 is 0 Å². The number of rotatable bonds is 1. The number of hydrogen-bond acceptors (Lipinski definition) is 4. The Balaban J connectivity index is 0.000000487. The average molecular weight is 357 g/mol. The van der Waals surface area contributed by atoms with Gasteiger partial charge >= 0.3 is 0 Å². The van der Waals surface area contributed by atoms with Crippen molar-refractivity contribution in [2.24, 2.45) is 0 Å². The Bertz CT molecular complexity index is 935. The molecule has 0 aliphatic rings. The van der Waals surface area contributed by atoms with Crippen molar-refractivity contribution in [2.45, 2.75) is 41.5 Å². The normalized spacial score (nSPS) is 10.1. The zero-order valence-corrected chi connectivity index (χ0v) is 16.8. The van der Waals surface area contributed by atoms with Crippen LogP contribution in [0.3, 0.4) is 0 Å². The van der Waals surface area contributed by atoms with Crippen LogP contribution in [-0.2, 0) is 0 Å². The predicted molar refractivity (Wildman–Crippen MR) is 110 cm³/mol. The van der Waals surface area contributed by atoms with E-state index in [0.29, 0.717) is 0 Å². The summed E-state index contributed by atoms with van der Waals surface area (Å²) >= 11 is 3.50. The molecule has 0 radical (unpaired) electrons. The smallest absolute Gasteiger partial charge is 0.124 e. The molecular formula is C20H24N2S2. The number of aryl methyl sites for hydroxylation is 2. The summed E-state index contributed by atoms with van der Waals surface area (Å²) in [4.78, 5) is 9.27. The van der Waals surface area contributed by atoms with Gasteiger partial charge in [0.05, 0.1) is 25.4 Å². The van der Waals surface area contributed by atoms with E-state index in [1.54, 1.807) is 22.7 Å². The van der Waals surface area contributed by atoms with E-state index in [0.717, 1.165) is 21.0 Å². The Labute approximate surface area is 152 Å². The molecule has 2 aromatic heterocycles. The highest BCUT2D eigenvalue weighted by Crippen LogP contribution is 2.34. The minimum Gasteiger partial charge on any atom is -0.242 e. The van der Waals surface area contributed by atoms with Gasteiger partial charge in [-0.25, -0.2) is 9.97 Å². The summed E-state index contributed by atoms with van der Waals surface area (Å²) in [5, 5.41) is 2.19. The molecule has 0 unspecified atom stereocenters. The van der Waals surface area contributed by atoms with Crippen LogP contribution in [0.15, 0.2) is 36.4 Å². The SMILES string of the molecule is CC.CC.Cc1nc2ccc(-c3nc4cccc(C)c4s3)cc2s1. The maximum Gasteiger partial charge on any atom is 0.124 e. The monoisotopic (exact) mass is 356 g/mol. The molecule has 0 aliphatic carbocycles. The van der Waals surface area contributed by atoms with Crippen LogP contribution in [0, 0.1) is 13.8 Å². The van der Waals surface area contributed by atoms with E-state index in [2.05, 4.69) is 48.3 Å². The van der Waals surface area contributed by atoms with Gasteiger partial charge in [-0.05, 0) is 43.7 Å². The Morgan fingerprint density at radius 2 is 1.54 bits per heavy atom. The highest BCUT2D eigenvalue weighted by molar-refractivity contribution is 7.22. The molecule has 0 aliphatic heterocycles. The maximum atomic E-state index is 4.76. The fourth-order valence-corrected chi connectivity index (χ4v) is 4.28. The fraction of sp³-hybridized carbons (Fsp3) is 0.300. The van der Waals surface area contributed by atoms with Crippen molar-refractivity contribution < 1.29 is 0 Å². The van der Waals surface area contributed by atoms with Gasteiger partial charge in [-0.3, -0.25) is 0 Å². The zero-order valence-electron chi connectivity index (χ0n) is 15.2. The van der Waals surface area contributed by atoms with Gasteiger partial charge in [0, 0.05) is 5.56 Å². The first kappa shape index (κ1) is 18.6. The molecular weight excluding hydrogens is 332 g/mol. The highest BCUT2D eigenvalue weighted by Gasteiger charge is 2.09. The Hall–Kier alpha value is -1.78. The summed E-state index contributed by atoms with van der Waals surface area (Å²) in [6.45, 7) is 12.2. The van der Waals surface area contributed by atoms with Crippen LogP contribution in [0.25, 0.3) is 31.0 Å². The minimum atomic E-state index is 1.08.